The third-order valence-electron chi connectivity index (χ3n) is 5.50. The quantitative estimate of drug-likeness (QED) is 0.373. The van der Waals surface area contributed by atoms with Crippen LogP contribution in [0.15, 0.2) is 10.8 Å². The molecule has 0 saturated carbocycles. The fourth-order valence-electron chi connectivity index (χ4n) is 3.71. The van der Waals surface area contributed by atoms with Gasteiger partial charge in [-0.25, -0.2) is 19.4 Å². The molecule has 0 radical (unpaired) electrons. The average Bonchev–Trinajstić information content (AvgIpc) is 3.59. The first-order chi connectivity index (χ1) is 16.8. The topological polar surface area (TPSA) is 138 Å². The van der Waals surface area contributed by atoms with Crippen LogP contribution in [0, 0.1) is 6.92 Å². The SMILES string of the molecule is CCn1ncnc1-c1nc(N2CCC(NC(=O)c3[nH]c(C)c(Cl)c3Br)CC2)sc1C(=O)OC.CO. The molecule has 1 fully saturated rings. The van der Waals surface area contributed by atoms with E-state index in [0.29, 0.717) is 51.2 Å². The molecule has 1 aliphatic rings. The summed E-state index contributed by atoms with van der Waals surface area (Å²) in [5.41, 5.74) is 1.64. The highest BCUT2D eigenvalue weighted by molar-refractivity contribution is 9.10. The number of methoxy groups -OCH3 is 1. The van der Waals surface area contributed by atoms with Gasteiger partial charge < -0.3 is 25.0 Å². The Kier molecular flexibility index (Phi) is 9.27. The summed E-state index contributed by atoms with van der Waals surface area (Å²) < 4.78 is 7.23. The second-order valence-electron chi connectivity index (χ2n) is 7.55. The Balaban J connectivity index is 0.00000167. The van der Waals surface area contributed by atoms with Crippen molar-refractivity contribution in [2.45, 2.75) is 39.3 Å². The summed E-state index contributed by atoms with van der Waals surface area (Å²) in [7, 11) is 2.35. The van der Waals surface area contributed by atoms with Crippen LogP contribution in [-0.2, 0) is 11.3 Å². The van der Waals surface area contributed by atoms with Crippen LogP contribution in [0.25, 0.3) is 11.5 Å². The van der Waals surface area contributed by atoms with Crippen LogP contribution in [-0.4, -0.2) is 75.1 Å². The molecule has 11 nitrogen and oxygen atoms in total. The van der Waals surface area contributed by atoms with Crippen molar-refractivity contribution in [2.24, 2.45) is 0 Å². The summed E-state index contributed by atoms with van der Waals surface area (Å²) in [6.45, 7) is 5.74. The fraction of sp³-hybridized carbons (Fsp3) is 0.476. The highest BCUT2D eigenvalue weighted by Gasteiger charge is 2.29. The molecule has 1 amide bonds. The lowest BCUT2D eigenvalue weighted by Crippen LogP contribution is -2.44. The van der Waals surface area contributed by atoms with E-state index in [-0.39, 0.29) is 11.9 Å². The number of carbonyl (C=O) groups excluding carboxylic acids is 2. The Morgan fingerprint density at radius 1 is 1.37 bits per heavy atom. The molecule has 0 bridgehead atoms. The first-order valence-corrected chi connectivity index (χ1v) is 12.8. The Labute approximate surface area is 220 Å². The van der Waals surface area contributed by atoms with Crippen molar-refractivity contribution in [3.05, 3.63) is 32.1 Å². The van der Waals surface area contributed by atoms with Gasteiger partial charge in [-0.3, -0.25) is 4.79 Å². The Morgan fingerprint density at radius 3 is 2.63 bits per heavy atom. The Bertz CT molecular complexity index is 1190. The molecule has 3 N–H and O–H groups in total. The van der Waals surface area contributed by atoms with Crippen molar-refractivity contribution < 1.29 is 19.4 Å². The number of nitrogens with zero attached hydrogens (tertiary/aromatic N) is 5. The van der Waals surface area contributed by atoms with Gasteiger partial charge in [0.15, 0.2) is 11.0 Å². The van der Waals surface area contributed by atoms with E-state index in [1.807, 2.05) is 13.8 Å². The summed E-state index contributed by atoms with van der Waals surface area (Å²) >= 11 is 10.8. The molecule has 0 aliphatic carbocycles. The maximum absolute atomic E-state index is 12.7. The number of hydrogen-bond donors (Lipinski definition) is 3. The van der Waals surface area contributed by atoms with Gasteiger partial charge in [-0.2, -0.15) is 5.10 Å². The molecule has 0 spiro atoms. The van der Waals surface area contributed by atoms with E-state index in [4.69, 9.17) is 26.4 Å². The van der Waals surface area contributed by atoms with Crippen molar-refractivity contribution in [3.8, 4) is 11.5 Å². The molecule has 0 unspecified atom stereocenters. The van der Waals surface area contributed by atoms with Crippen LogP contribution in [0.3, 0.4) is 0 Å². The molecule has 1 saturated heterocycles. The number of amides is 1. The molecule has 0 aromatic carbocycles. The molecule has 190 valence electrons. The number of ether oxygens (including phenoxy) is 1. The number of aliphatic hydroxyl groups excluding tert-OH is 1. The average molecular weight is 589 g/mol. The van der Waals surface area contributed by atoms with E-state index in [1.54, 1.807) is 4.68 Å². The van der Waals surface area contributed by atoms with Crippen LogP contribution in [0.5, 0.6) is 0 Å². The zero-order valence-electron chi connectivity index (χ0n) is 19.8. The Hall–Kier alpha value is -2.48. The van der Waals surface area contributed by atoms with E-state index in [9.17, 15) is 9.59 Å². The predicted octanol–water partition coefficient (Wildman–Crippen LogP) is 3.27. The zero-order valence-corrected chi connectivity index (χ0v) is 22.9. The summed E-state index contributed by atoms with van der Waals surface area (Å²) in [5, 5.41) is 15.5. The Morgan fingerprint density at radius 2 is 2.06 bits per heavy atom. The number of nitrogens with one attached hydrogen (secondary N) is 2. The highest BCUT2D eigenvalue weighted by Crippen LogP contribution is 2.34. The third-order valence-corrected chi connectivity index (χ3v) is 8.09. The van der Waals surface area contributed by atoms with Gasteiger partial charge in [-0.1, -0.05) is 22.9 Å². The summed E-state index contributed by atoms with van der Waals surface area (Å²) in [4.78, 5) is 39.6. The van der Waals surface area contributed by atoms with Crippen molar-refractivity contribution in [3.63, 3.8) is 0 Å². The highest BCUT2D eigenvalue weighted by atomic mass is 79.9. The minimum Gasteiger partial charge on any atom is -0.465 e. The molecule has 3 aromatic rings. The number of hydrogen-bond acceptors (Lipinski definition) is 9. The molecule has 3 aromatic heterocycles. The second-order valence-corrected chi connectivity index (χ2v) is 9.70. The van der Waals surface area contributed by atoms with E-state index in [1.165, 1.54) is 24.8 Å². The van der Waals surface area contributed by atoms with Gasteiger partial charge in [0.25, 0.3) is 5.91 Å². The number of aromatic nitrogens is 5. The molecule has 4 rings (SSSR count). The largest absolute Gasteiger partial charge is 0.465 e. The number of carbonyl (C=O) groups is 2. The second kappa shape index (κ2) is 12.0. The minimum atomic E-state index is -0.452. The number of rotatable bonds is 6. The van der Waals surface area contributed by atoms with Gasteiger partial charge in [0.05, 0.1) is 16.6 Å². The van der Waals surface area contributed by atoms with Gasteiger partial charge >= 0.3 is 5.97 Å². The molecule has 4 heterocycles. The van der Waals surface area contributed by atoms with Crippen LogP contribution in [0.4, 0.5) is 5.13 Å². The lowest BCUT2D eigenvalue weighted by molar-refractivity contribution is 0.0606. The number of H-pyrrole nitrogens is 1. The van der Waals surface area contributed by atoms with Crippen LogP contribution >= 0.6 is 38.9 Å². The van der Waals surface area contributed by atoms with E-state index < -0.39 is 5.97 Å². The smallest absolute Gasteiger partial charge is 0.350 e. The molecule has 14 heteroatoms. The third kappa shape index (κ3) is 5.68. The van der Waals surface area contributed by atoms with Crippen molar-refractivity contribution in [1.82, 2.24) is 30.0 Å². The number of aromatic amines is 1. The van der Waals surface area contributed by atoms with E-state index in [2.05, 4.69) is 41.2 Å². The number of piperidine rings is 1. The van der Waals surface area contributed by atoms with Gasteiger partial charge in [0.1, 0.15) is 22.6 Å². The molecule has 0 atom stereocenters. The number of thiazole rings is 1. The van der Waals surface area contributed by atoms with Gasteiger partial charge in [-0.15, -0.1) is 0 Å². The minimum absolute atomic E-state index is 0.0192. The number of esters is 1. The summed E-state index contributed by atoms with van der Waals surface area (Å²) in [6.07, 6.45) is 2.93. The standard InChI is InChI=1S/C20H23BrClN7O3S.CH4O/c1-4-29-17(23-9-24-29)15-16(19(31)32-3)33-20(27-15)28-7-5-11(6-8-28)26-18(30)14-12(21)13(22)10(2)25-14;1-2/h9,11,25H,4-8H2,1-3H3,(H,26,30);2H,1H3. The van der Waals surface area contributed by atoms with E-state index >= 15 is 0 Å². The van der Waals surface area contributed by atoms with Crippen molar-refractivity contribution in [1.29, 1.82) is 0 Å². The van der Waals surface area contributed by atoms with Crippen molar-refractivity contribution >= 4 is 55.9 Å². The lowest BCUT2D eigenvalue weighted by Gasteiger charge is -2.32. The van der Waals surface area contributed by atoms with Gasteiger partial charge in [0.2, 0.25) is 0 Å². The van der Waals surface area contributed by atoms with Crippen LogP contribution < -0.4 is 10.2 Å². The molecule has 1 aliphatic heterocycles. The van der Waals surface area contributed by atoms with E-state index in [0.717, 1.165) is 30.8 Å². The molecule has 35 heavy (non-hydrogen) atoms. The van der Waals surface area contributed by atoms with Crippen LogP contribution in [0.2, 0.25) is 5.02 Å². The fourth-order valence-corrected chi connectivity index (χ4v) is 5.46. The number of halogens is 2. The van der Waals surface area contributed by atoms with Crippen LogP contribution in [0.1, 0.15) is 45.6 Å². The zero-order chi connectivity index (χ0) is 25.7. The lowest BCUT2D eigenvalue weighted by atomic mass is 10.1. The predicted molar refractivity (Wildman–Crippen MR) is 137 cm³/mol. The van der Waals surface area contributed by atoms with Crippen molar-refractivity contribution in [2.75, 3.05) is 32.2 Å². The van der Waals surface area contributed by atoms with Gasteiger partial charge in [-0.05, 0) is 42.6 Å². The monoisotopic (exact) mass is 587 g/mol. The van der Waals surface area contributed by atoms with Gasteiger partial charge in [0, 0.05) is 38.5 Å². The molecular formula is C21H27BrClN7O4S. The first kappa shape index (κ1) is 27.1. The number of anilines is 1. The number of aryl methyl sites for hydroxylation is 2. The first-order valence-electron chi connectivity index (χ1n) is 10.8. The normalized spacial score (nSPS) is 13.9. The summed E-state index contributed by atoms with van der Waals surface area (Å²) in [6, 6.07) is 0.0192. The summed E-state index contributed by atoms with van der Waals surface area (Å²) in [5.74, 6) is -0.112. The maximum Gasteiger partial charge on any atom is 0.350 e. The molecular weight excluding hydrogens is 562 g/mol. The maximum atomic E-state index is 12.7. The number of aliphatic hydroxyl groups is 1.